The summed E-state index contributed by atoms with van der Waals surface area (Å²) in [6.07, 6.45) is 0. The molecule has 2 aromatic rings. The lowest BCUT2D eigenvalue weighted by molar-refractivity contribution is 0.783. The fraction of sp³-hybridized carbons (Fsp3) is 0.286. The van der Waals surface area contributed by atoms with Crippen LogP contribution in [-0.2, 0) is 5.75 Å². The van der Waals surface area contributed by atoms with E-state index in [9.17, 15) is 4.79 Å². The standard InChI is InChI=1S/C14H14ClIN2OS/c1-8(2)13-12(16)14(19)18-11(17-13)7-20-10-5-3-9(15)4-6-10/h3-6,8H,7H2,1-2H3,(H,17,18,19). The van der Waals surface area contributed by atoms with Crippen LogP contribution in [0.25, 0.3) is 0 Å². The number of thioether (sulfide) groups is 1. The minimum absolute atomic E-state index is 0.0593. The number of H-pyrrole nitrogens is 1. The number of halogens is 2. The predicted octanol–water partition coefficient (Wildman–Crippen LogP) is 4.44. The van der Waals surface area contributed by atoms with Gasteiger partial charge in [0.1, 0.15) is 5.82 Å². The molecule has 1 N–H and O–H groups in total. The Bertz CT molecular complexity index is 655. The van der Waals surface area contributed by atoms with Gasteiger partial charge in [-0.3, -0.25) is 4.79 Å². The predicted molar refractivity (Wildman–Crippen MR) is 92.7 cm³/mol. The van der Waals surface area contributed by atoms with Gasteiger partial charge >= 0.3 is 0 Å². The summed E-state index contributed by atoms with van der Waals surface area (Å²) in [5, 5.41) is 0.720. The van der Waals surface area contributed by atoms with Gasteiger partial charge in [-0.2, -0.15) is 0 Å². The molecule has 6 heteroatoms. The number of aromatic nitrogens is 2. The van der Waals surface area contributed by atoms with Crippen molar-refractivity contribution in [3.8, 4) is 0 Å². The zero-order valence-electron chi connectivity index (χ0n) is 11.1. The third-order valence-electron chi connectivity index (χ3n) is 2.67. The van der Waals surface area contributed by atoms with Gasteiger partial charge < -0.3 is 4.98 Å². The molecule has 0 fully saturated rings. The molecule has 1 heterocycles. The molecule has 1 aromatic carbocycles. The van der Waals surface area contributed by atoms with E-state index in [1.165, 1.54) is 0 Å². The highest BCUT2D eigenvalue weighted by molar-refractivity contribution is 14.1. The Kier molecular flexibility index (Phi) is 5.51. The molecular formula is C14H14ClIN2OS. The first-order valence-electron chi connectivity index (χ1n) is 6.14. The Balaban J connectivity index is 2.17. The Labute approximate surface area is 140 Å². The van der Waals surface area contributed by atoms with Gasteiger partial charge in [0.25, 0.3) is 5.56 Å². The molecule has 3 nitrogen and oxygen atoms in total. The molecule has 0 amide bonds. The van der Waals surface area contributed by atoms with Crippen LogP contribution in [0.5, 0.6) is 0 Å². The van der Waals surface area contributed by atoms with Crippen LogP contribution in [0.1, 0.15) is 31.3 Å². The maximum Gasteiger partial charge on any atom is 0.264 e. The smallest absolute Gasteiger partial charge is 0.264 e. The van der Waals surface area contributed by atoms with E-state index in [2.05, 4.69) is 32.6 Å². The number of nitrogens with zero attached hydrogens (tertiary/aromatic N) is 1. The van der Waals surface area contributed by atoms with Crippen LogP contribution < -0.4 is 5.56 Å². The number of rotatable bonds is 4. The molecule has 0 atom stereocenters. The first-order valence-corrected chi connectivity index (χ1v) is 8.58. The Morgan fingerprint density at radius 3 is 2.60 bits per heavy atom. The third kappa shape index (κ3) is 3.99. The molecule has 2 rings (SSSR count). The van der Waals surface area contributed by atoms with Crippen LogP contribution in [0.4, 0.5) is 0 Å². The molecule has 1 aromatic heterocycles. The average Bonchev–Trinajstić information content (AvgIpc) is 2.41. The lowest BCUT2D eigenvalue weighted by atomic mass is 10.1. The van der Waals surface area contributed by atoms with E-state index in [-0.39, 0.29) is 11.5 Å². The summed E-state index contributed by atoms with van der Waals surface area (Å²) >= 11 is 9.53. The van der Waals surface area contributed by atoms with Gasteiger partial charge in [-0.05, 0) is 52.8 Å². The van der Waals surface area contributed by atoms with Crippen molar-refractivity contribution >= 4 is 46.0 Å². The van der Waals surface area contributed by atoms with E-state index in [4.69, 9.17) is 11.6 Å². The SMILES string of the molecule is CC(C)c1nc(CSc2ccc(Cl)cc2)[nH]c(=O)c1I. The molecule has 0 spiro atoms. The Morgan fingerprint density at radius 2 is 2.00 bits per heavy atom. The van der Waals surface area contributed by atoms with Crippen molar-refractivity contribution in [2.75, 3.05) is 0 Å². The average molecular weight is 421 g/mol. The van der Waals surface area contributed by atoms with Crippen molar-refractivity contribution in [3.05, 3.63) is 54.7 Å². The van der Waals surface area contributed by atoms with E-state index < -0.39 is 0 Å². The molecular weight excluding hydrogens is 407 g/mol. The van der Waals surface area contributed by atoms with E-state index in [1.54, 1.807) is 11.8 Å². The van der Waals surface area contributed by atoms with E-state index >= 15 is 0 Å². The summed E-state index contributed by atoms with van der Waals surface area (Å²) in [5.74, 6) is 1.58. The van der Waals surface area contributed by atoms with Gasteiger partial charge in [-0.1, -0.05) is 25.4 Å². The van der Waals surface area contributed by atoms with Crippen molar-refractivity contribution in [3.63, 3.8) is 0 Å². The molecule has 0 unspecified atom stereocenters. The third-order valence-corrected chi connectivity index (χ3v) is 4.99. The molecule has 0 radical (unpaired) electrons. The van der Waals surface area contributed by atoms with Crippen LogP contribution in [0.3, 0.4) is 0 Å². The van der Waals surface area contributed by atoms with Gasteiger partial charge in [0.15, 0.2) is 0 Å². The molecule has 0 bridgehead atoms. The number of aromatic amines is 1. The van der Waals surface area contributed by atoms with Crippen LogP contribution in [0, 0.1) is 3.57 Å². The Morgan fingerprint density at radius 1 is 1.35 bits per heavy atom. The lowest BCUT2D eigenvalue weighted by Crippen LogP contribution is -2.18. The van der Waals surface area contributed by atoms with Crippen molar-refractivity contribution < 1.29 is 0 Å². The maximum atomic E-state index is 11.9. The van der Waals surface area contributed by atoms with Gasteiger partial charge in [-0.25, -0.2) is 4.98 Å². The number of hydrogen-bond acceptors (Lipinski definition) is 3. The molecule has 106 valence electrons. The highest BCUT2D eigenvalue weighted by Gasteiger charge is 2.12. The maximum absolute atomic E-state index is 11.9. The number of benzene rings is 1. The van der Waals surface area contributed by atoms with Crippen LogP contribution in [0.15, 0.2) is 34.0 Å². The van der Waals surface area contributed by atoms with Crippen LogP contribution in [-0.4, -0.2) is 9.97 Å². The zero-order valence-corrected chi connectivity index (χ0v) is 14.8. The van der Waals surface area contributed by atoms with Gasteiger partial charge in [0, 0.05) is 9.92 Å². The summed E-state index contributed by atoms with van der Waals surface area (Å²) < 4.78 is 0.679. The minimum atomic E-state index is -0.0593. The summed E-state index contributed by atoms with van der Waals surface area (Å²) in [4.78, 5) is 20.4. The minimum Gasteiger partial charge on any atom is -0.309 e. The quantitative estimate of drug-likeness (QED) is 0.587. The zero-order chi connectivity index (χ0) is 14.7. The summed E-state index contributed by atoms with van der Waals surface area (Å²) in [5.41, 5.74) is 0.803. The van der Waals surface area contributed by atoms with Crippen molar-refractivity contribution in [2.45, 2.75) is 30.4 Å². The topological polar surface area (TPSA) is 45.8 Å². The first-order chi connectivity index (χ1) is 9.47. The molecule has 0 aliphatic carbocycles. The normalized spacial score (nSPS) is 11.1. The molecule has 0 aliphatic heterocycles. The summed E-state index contributed by atoms with van der Waals surface area (Å²) in [6, 6.07) is 7.63. The van der Waals surface area contributed by atoms with Crippen LogP contribution in [0.2, 0.25) is 5.02 Å². The van der Waals surface area contributed by atoms with Crippen molar-refractivity contribution in [2.24, 2.45) is 0 Å². The monoisotopic (exact) mass is 420 g/mol. The highest BCUT2D eigenvalue weighted by Crippen LogP contribution is 2.24. The molecule has 0 aliphatic rings. The number of nitrogens with one attached hydrogen (secondary N) is 1. The Hall–Kier alpha value is -0.530. The van der Waals surface area contributed by atoms with Gasteiger partial charge in [-0.15, -0.1) is 11.8 Å². The molecule has 0 saturated carbocycles. The molecule has 20 heavy (non-hydrogen) atoms. The second kappa shape index (κ2) is 6.95. The largest absolute Gasteiger partial charge is 0.309 e. The highest BCUT2D eigenvalue weighted by atomic mass is 127. The van der Waals surface area contributed by atoms with Gasteiger partial charge in [0.2, 0.25) is 0 Å². The van der Waals surface area contributed by atoms with Crippen molar-refractivity contribution in [1.82, 2.24) is 9.97 Å². The fourth-order valence-electron chi connectivity index (χ4n) is 1.66. The van der Waals surface area contributed by atoms with E-state index in [0.717, 1.165) is 15.6 Å². The van der Waals surface area contributed by atoms with Crippen molar-refractivity contribution in [1.29, 1.82) is 0 Å². The first kappa shape index (κ1) is 15.9. The molecule has 0 saturated heterocycles. The second-order valence-electron chi connectivity index (χ2n) is 4.61. The summed E-state index contributed by atoms with van der Waals surface area (Å²) in [7, 11) is 0. The fourth-order valence-corrected chi connectivity index (χ4v) is 3.43. The van der Waals surface area contributed by atoms with E-state index in [0.29, 0.717) is 15.1 Å². The van der Waals surface area contributed by atoms with E-state index in [1.807, 2.05) is 38.1 Å². The van der Waals surface area contributed by atoms with Crippen LogP contribution >= 0.6 is 46.0 Å². The second-order valence-corrected chi connectivity index (χ2v) is 7.17. The summed E-state index contributed by atoms with van der Waals surface area (Å²) in [6.45, 7) is 4.08. The lowest BCUT2D eigenvalue weighted by Gasteiger charge is -2.09. The number of hydrogen-bond donors (Lipinski definition) is 1. The van der Waals surface area contributed by atoms with Gasteiger partial charge in [0.05, 0.1) is 15.0 Å².